The Balaban J connectivity index is 1.59. The van der Waals surface area contributed by atoms with Gasteiger partial charge in [-0.05, 0) is 31.0 Å². The van der Waals surface area contributed by atoms with Crippen molar-refractivity contribution in [2.75, 3.05) is 29.0 Å². The van der Waals surface area contributed by atoms with Crippen LogP contribution in [0.5, 0.6) is 0 Å². The number of nitrogen functional groups attached to an aromatic ring is 1. The van der Waals surface area contributed by atoms with Crippen molar-refractivity contribution in [2.24, 2.45) is 5.92 Å². The number of rotatable bonds is 4. The van der Waals surface area contributed by atoms with E-state index in [1.807, 2.05) is 4.90 Å². The lowest BCUT2D eigenvalue weighted by atomic mass is 9.96. The second kappa shape index (κ2) is 7.70. The van der Waals surface area contributed by atoms with Crippen LogP contribution in [0.2, 0.25) is 5.02 Å². The molecule has 1 amide bonds. The number of amides is 1. The number of hydrogen-bond acceptors (Lipinski definition) is 7. The van der Waals surface area contributed by atoms with Crippen LogP contribution in [-0.4, -0.2) is 33.9 Å². The maximum absolute atomic E-state index is 13.2. The van der Waals surface area contributed by atoms with Gasteiger partial charge in [-0.3, -0.25) is 14.9 Å². The molecule has 0 spiro atoms. The smallest absolute Gasteiger partial charge is 0.329 e. The topological polar surface area (TPSA) is 127 Å². The number of carbonyl (C=O) groups excluding carboxylic acids is 1. The Morgan fingerprint density at radius 2 is 2.11 bits per heavy atom. The van der Waals surface area contributed by atoms with Gasteiger partial charge in [0.05, 0.1) is 9.95 Å². The molecule has 142 valence electrons. The molecular weight excluding hydrogens is 379 g/mol. The highest BCUT2D eigenvalue weighted by atomic mass is 35.5. The molecule has 0 unspecified atom stereocenters. The largest absolute Gasteiger partial charge is 0.378 e. The van der Waals surface area contributed by atoms with Gasteiger partial charge in [0, 0.05) is 24.7 Å². The first-order valence-electron chi connectivity index (χ1n) is 8.13. The van der Waals surface area contributed by atoms with Gasteiger partial charge >= 0.3 is 5.69 Å². The Kier molecular flexibility index (Phi) is 5.36. The second-order valence-electron chi connectivity index (χ2n) is 6.08. The summed E-state index contributed by atoms with van der Waals surface area (Å²) in [5, 5.41) is 13.4. The van der Waals surface area contributed by atoms with Gasteiger partial charge in [-0.25, -0.2) is 9.37 Å². The number of carbonyl (C=O) groups is 1. The zero-order valence-electron chi connectivity index (χ0n) is 14.1. The molecule has 1 aromatic carbocycles. The van der Waals surface area contributed by atoms with Gasteiger partial charge in [-0.15, -0.1) is 0 Å². The van der Waals surface area contributed by atoms with E-state index >= 15 is 0 Å². The van der Waals surface area contributed by atoms with Gasteiger partial charge in [-0.2, -0.15) is 4.98 Å². The summed E-state index contributed by atoms with van der Waals surface area (Å²) in [6.45, 7) is 0.999. The number of benzene rings is 1. The fourth-order valence-electron chi connectivity index (χ4n) is 2.83. The van der Waals surface area contributed by atoms with Crippen molar-refractivity contribution in [3.63, 3.8) is 0 Å². The van der Waals surface area contributed by atoms with Crippen molar-refractivity contribution in [3.05, 3.63) is 45.4 Å². The third-order valence-corrected chi connectivity index (χ3v) is 4.61. The van der Waals surface area contributed by atoms with Crippen molar-refractivity contribution < 1.29 is 14.1 Å². The zero-order valence-corrected chi connectivity index (χ0v) is 14.8. The molecule has 1 aliphatic rings. The molecule has 2 heterocycles. The summed E-state index contributed by atoms with van der Waals surface area (Å²) in [4.78, 5) is 32.3. The van der Waals surface area contributed by atoms with Gasteiger partial charge in [-0.1, -0.05) is 11.6 Å². The number of nitrogens with zero attached hydrogens (tertiary/aromatic N) is 4. The molecular formula is C16H16ClFN6O3. The van der Waals surface area contributed by atoms with E-state index in [0.29, 0.717) is 37.6 Å². The maximum Gasteiger partial charge on any atom is 0.329 e. The van der Waals surface area contributed by atoms with Crippen LogP contribution in [0.4, 0.5) is 27.5 Å². The van der Waals surface area contributed by atoms with E-state index in [9.17, 15) is 19.3 Å². The van der Waals surface area contributed by atoms with Crippen LogP contribution >= 0.6 is 11.6 Å². The number of piperidine rings is 1. The Morgan fingerprint density at radius 1 is 1.41 bits per heavy atom. The normalized spacial score (nSPS) is 14.8. The minimum absolute atomic E-state index is 0.0597. The molecule has 0 atom stereocenters. The van der Waals surface area contributed by atoms with E-state index in [1.54, 1.807) is 0 Å². The molecule has 1 aromatic heterocycles. The average molecular weight is 395 g/mol. The monoisotopic (exact) mass is 394 g/mol. The molecule has 0 aliphatic carbocycles. The van der Waals surface area contributed by atoms with Crippen LogP contribution in [0, 0.1) is 21.8 Å². The van der Waals surface area contributed by atoms with E-state index in [0.717, 1.165) is 6.20 Å². The summed E-state index contributed by atoms with van der Waals surface area (Å²) in [6.07, 6.45) is 2.16. The predicted molar refractivity (Wildman–Crippen MR) is 98.1 cm³/mol. The number of nitrogens with one attached hydrogen (secondary N) is 1. The molecule has 3 N–H and O–H groups in total. The van der Waals surface area contributed by atoms with Crippen molar-refractivity contribution in [2.45, 2.75) is 12.8 Å². The summed E-state index contributed by atoms with van der Waals surface area (Å²) in [6, 6.07) is 4.00. The quantitative estimate of drug-likeness (QED) is 0.602. The summed E-state index contributed by atoms with van der Waals surface area (Å²) >= 11 is 5.71. The number of nitrogens with two attached hydrogens (primary N) is 1. The first-order chi connectivity index (χ1) is 12.8. The fourth-order valence-corrected chi connectivity index (χ4v) is 3.01. The van der Waals surface area contributed by atoms with Gasteiger partial charge in [0.1, 0.15) is 12.0 Å². The van der Waals surface area contributed by atoms with Crippen molar-refractivity contribution >= 4 is 40.6 Å². The molecule has 2 aromatic rings. The molecule has 11 heteroatoms. The lowest BCUT2D eigenvalue weighted by molar-refractivity contribution is -0.384. The van der Waals surface area contributed by atoms with Crippen LogP contribution in [0.3, 0.4) is 0 Å². The summed E-state index contributed by atoms with van der Waals surface area (Å²) in [5.41, 5.74) is 5.68. The maximum atomic E-state index is 13.2. The van der Waals surface area contributed by atoms with Crippen LogP contribution in [0.1, 0.15) is 12.8 Å². The minimum Gasteiger partial charge on any atom is -0.378 e. The summed E-state index contributed by atoms with van der Waals surface area (Å²) in [7, 11) is 0. The molecule has 0 bridgehead atoms. The lowest BCUT2D eigenvalue weighted by Gasteiger charge is -2.31. The Labute approximate surface area is 158 Å². The van der Waals surface area contributed by atoms with Gasteiger partial charge < -0.3 is 16.0 Å². The van der Waals surface area contributed by atoms with Gasteiger partial charge in [0.15, 0.2) is 0 Å². The Hall–Kier alpha value is -3.01. The minimum atomic E-state index is -0.641. The first-order valence-corrected chi connectivity index (χ1v) is 8.50. The first kappa shape index (κ1) is 18.8. The molecule has 9 nitrogen and oxygen atoms in total. The zero-order chi connectivity index (χ0) is 19.6. The highest BCUT2D eigenvalue weighted by Crippen LogP contribution is 2.26. The number of halogens is 2. The van der Waals surface area contributed by atoms with Gasteiger partial charge in [0.25, 0.3) is 0 Å². The molecule has 1 fully saturated rings. The van der Waals surface area contributed by atoms with Crippen LogP contribution in [0.25, 0.3) is 0 Å². The standard InChI is InChI=1S/C16H16ClFN6O3/c17-11-7-10(1-2-12(11)18)21-15(25)9-3-5-23(6-4-9)16-20-8-13(24(26)27)14(19)22-16/h1-2,7-9H,3-6H2,(H,21,25)(H2,19,20,22). The van der Waals surface area contributed by atoms with Crippen LogP contribution in [-0.2, 0) is 4.79 Å². The molecule has 0 radical (unpaired) electrons. The Morgan fingerprint density at radius 3 is 2.70 bits per heavy atom. The fraction of sp³-hybridized carbons (Fsp3) is 0.312. The van der Waals surface area contributed by atoms with E-state index in [-0.39, 0.29) is 28.4 Å². The van der Waals surface area contributed by atoms with E-state index in [4.69, 9.17) is 17.3 Å². The molecule has 27 heavy (non-hydrogen) atoms. The van der Waals surface area contributed by atoms with Gasteiger partial charge in [0.2, 0.25) is 17.7 Å². The van der Waals surface area contributed by atoms with Crippen LogP contribution in [0.15, 0.2) is 24.4 Å². The number of hydrogen-bond donors (Lipinski definition) is 2. The van der Waals surface area contributed by atoms with Crippen molar-refractivity contribution in [1.29, 1.82) is 0 Å². The summed E-state index contributed by atoms with van der Waals surface area (Å²) < 4.78 is 13.2. The molecule has 1 aliphatic heterocycles. The van der Waals surface area contributed by atoms with E-state index in [1.165, 1.54) is 18.2 Å². The molecule has 3 rings (SSSR count). The summed E-state index contributed by atoms with van der Waals surface area (Å²) in [5.74, 6) is -0.868. The van der Waals surface area contributed by atoms with E-state index in [2.05, 4.69) is 15.3 Å². The number of anilines is 3. The van der Waals surface area contributed by atoms with Crippen LogP contribution < -0.4 is 16.0 Å². The van der Waals surface area contributed by atoms with E-state index < -0.39 is 10.7 Å². The predicted octanol–water partition coefficient (Wildman–Crippen LogP) is 2.61. The lowest BCUT2D eigenvalue weighted by Crippen LogP contribution is -2.39. The third kappa shape index (κ3) is 4.22. The highest BCUT2D eigenvalue weighted by molar-refractivity contribution is 6.31. The Bertz CT molecular complexity index is 888. The molecule has 1 saturated heterocycles. The van der Waals surface area contributed by atoms with Crippen molar-refractivity contribution in [1.82, 2.24) is 9.97 Å². The van der Waals surface area contributed by atoms with Crippen molar-refractivity contribution in [3.8, 4) is 0 Å². The third-order valence-electron chi connectivity index (χ3n) is 4.32. The highest BCUT2D eigenvalue weighted by Gasteiger charge is 2.27. The molecule has 0 saturated carbocycles. The SMILES string of the molecule is Nc1nc(N2CCC(C(=O)Nc3ccc(F)c(Cl)c3)CC2)ncc1[N+](=O)[O-]. The number of aromatic nitrogens is 2. The number of nitro groups is 1. The second-order valence-corrected chi connectivity index (χ2v) is 6.48. The average Bonchev–Trinajstić information content (AvgIpc) is 2.64.